The van der Waals surface area contributed by atoms with Gasteiger partial charge in [-0.2, -0.15) is 10.5 Å². The molecule has 1 aromatic heterocycles. The number of halogens is 1. The van der Waals surface area contributed by atoms with Gasteiger partial charge in [-0.25, -0.2) is 4.98 Å². The third-order valence-electron chi connectivity index (χ3n) is 2.86. The Hall–Kier alpha value is -2.41. The Bertz CT molecular complexity index is 918. The van der Waals surface area contributed by atoms with Gasteiger partial charge in [-0.3, -0.25) is 0 Å². The van der Waals surface area contributed by atoms with E-state index in [0.29, 0.717) is 11.1 Å². The van der Waals surface area contributed by atoms with E-state index in [4.69, 9.17) is 10.5 Å². The van der Waals surface area contributed by atoms with Gasteiger partial charge in [-0.05, 0) is 36.4 Å². The summed E-state index contributed by atoms with van der Waals surface area (Å²) in [5.41, 5.74) is 2.37. The van der Waals surface area contributed by atoms with Gasteiger partial charge < -0.3 is 5.32 Å². The first-order valence-electron chi connectivity index (χ1n) is 5.97. The van der Waals surface area contributed by atoms with Crippen LogP contribution in [0, 0.1) is 22.7 Å². The maximum atomic E-state index is 9.04. The lowest BCUT2D eigenvalue weighted by Crippen LogP contribution is -1.91. The zero-order valence-corrected chi connectivity index (χ0v) is 13.0. The first-order valence-corrected chi connectivity index (χ1v) is 7.58. The highest BCUT2D eigenvalue weighted by Gasteiger charge is 2.07. The second-order valence-electron chi connectivity index (χ2n) is 4.24. The average molecular weight is 355 g/mol. The van der Waals surface area contributed by atoms with Gasteiger partial charge >= 0.3 is 0 Å². The molecule has 0 saturated carbocycles. The van der Waals surface area contributed by atoms with E-state index < -0.39 is 0 Å². The number of hydrogen-bond donors (Lipinski definition) is 1. The molecule has 0 unspecified atom stereocenters. The van der Waals surface area contributed by atoms with Crippen LogP contribution in [-0.4, -0.2) is 4.98 Å². The van der Waals surface area contributed by atoms with Crippen molar-refractivity contribution in [2.45, 2.75) is 0 Å². The zero-order chi connectivity index (χ0) is 14.8. The number of rotatable bonds is 2. The van der Waals surface area contributed by atoms with Gasteiger partial charge in [0.2, 0.25) is 0 Å². The van der Waals surface area contributed by atoms with Crippen molar-refractivity contribution in [1.82, 2.24) is 4.98 Å². The van der Waals surface area contributed by atoms with Crippen molar-refractivity contribution in [1.29, 1.82) is 10.5 Å². The number of nitriles is 2. The monoisotopic (exact) mass is 354 g/mol. The summed E-state index contributed by atoms with van der Waals surface area (Å²) in [4.78, 5) is 4.50. The molecule has 0 saturated heterocycles. The van der Waals surface area contributed by atoms with Crippen LogP contribution in [-0.2, 0) is 0 Å². The summed E-state index contributed by atoms with van der Waals surface area (Å²) in [7, 11) is 0. The molecular weight excluding hydrogens is 348 g/mol. The maximum Gasteiger partial charge on any atom is 0.188 e. The predicted octanol–water partition coefficient (Wildman–Crippen LogP) is 4.55. The Morgan fingerprint density at radius 2 is 1.86 bits per heavy atom. The summed E-state index contributed by atoms with van der Waals surface area (Å²) in [5, 5.41) is 21.9. The predicted molar refractivity (Wildman–Crippen MR) is 86.5 cm³/mol. The van der Waals surface area contributed by atoms with Crippen molar-refractivity contribution in [2.24, 2.45) is 0 Å². The van der Waals surface area contributed by atoms with Crippen molar-refractivity contribution >= 4 is 48.3 Å². The fourth-order valence-electron chi connectivity index (χ4n) is 1.89. The Morgan fingerprint density at radius 3 is 2.62 bits per heavy atom. The topological polar surface area (TPSA) is 72.5 Å². The molecule has 0 aliphatic carbocycles. The Kier molecular flexibility index (Phi) is 3.57. The third kappa shape index (κ3) is 2.73. The molecule has 0 radical (unpaired) electrons. The lowest BCUT2D eigenvalue weighted by molar-refractivity contribution is 1.40. The van der Waals surface area contributed by atoms with Gasteiger partial charge in [0.1, 0.15) is 12.1 Å². The van der Waals surface area contributed by atoms with Crippen molar-refractivity contribution in [3.05, 3.63) is 52.0 Å². The van der Waals surface area contributed by atoms with Crippen molar-refractivity contribution in [3.63, 3.8) is 0 Å². The molecule has 2 aromatic carbocycles. The van der Waals surface area contributed by atoms with Gasteiger partial charge in [-0.1, -0.05) is 27.3 Å². The molecular formula is C15H7BrN4S. The molecule has 100 valence electrons. The fraction of sp³-hybridized carbons (Fsp3) is 0. The van der Waals surface area contributed by atoms with Crippen LogP contribution in [0.3, 0.4) is 0 Å². The highest BCUT2D eigenvalue weighted by Crippen LogP contribution is 2.30. The van der Waals surface area contributed by atoms with E-state index in [9.17, 15) is 0 Å². The van der Waals surface area contributed by atoms with Crippen LogP contribution in [0.15, 0.2) is 40.9 Å². The highest BCUT2D eigenvalue weighted by molar-refractivity contribution is 9.10. The summed E-state index contributed by atoms with van der Waals surface area (Å²) in [6.07, 6.45) is 0. The minimum atomic E-state index is 0.353. The van der Waals surface area contributed by atoms with E-state index in [1.807, 2.05) is 30.3 Å². The average Bonchev–Trinajstić information content (AvgIpc) is 2.88. The van der Waals surface area contributed by atoms with Crippen LogP contribution in [0.4, 0.5) is 10.8 Å². The van der Waals surface area contributed by atoms with E-state index in [1.165, 1.54) is 11.3 Å². The quantitative estimate of drug-likeness (QED) is 0.732. The highest BCUT2D eigenvalue weighted by atomic mass is 79.9. The molecule has 0 bridgehead atoms. The van der Waals surface area contributed by atoms with Gasteiger partial charge in [0.25, 0.3) is 0 Å². The molecule has 0 fully saturated rings. The zero-order valence-electron chi connectivity index (χ0n) is 10.6. The summed E-state index contributed by atoms with van der Waals surface area (Å²) >= 11 is 4.95. The molecule has 3 rings (SSSR count). The summed E-state index contributed by atoms with van der Waals surface area (Å²) in [6, 6.07) is 15.0. The third-order valence-corrected chi connectivity index (χ3v) is 4.31. The molecule has 6 heteroatoms. The lowest BCUT2D eigenvalue weighted by Gasteiger charge is -2.03. The standard InChI is InChI=1S/C15H7BrN4S/c16-11-2-4-14-13(6-11)20-15(21-14)19-12-3-1-9(7-17)10(5-12)8-18/h1-6H,(H,19,20). The second kappa shape index (κ2) is 5.53. The number of hydrogen-bond acceptors (Lipinski definition) is 5. The minimum Gasteiger partial charge on any atom is -0.331 e. The first-order chi connectivity index (χ1) is 10.2. The van der Waals surface area contributed by atoms with E-state index in [-0.39, 0.29) is 0 Å². The SMILES string of the molecule is N#Cc1ccc(Nc2nc3cc(Br)ccc3s2)cc1C#N. The van der Waals surface area contributed by atoms with Crippen molar-refractivity contribution < 1.29 is 0 Å². The van der Waals surface area contributed by atoms with Crippen LogP contribution in [0.1, 0.15) is 11.1 Å². The van der Waals surface area contributed by atoms with Crippen molar-refractivity contribution in [3.8, 4) is 12.1 Å². The van der Waals surface area contributed by atoms with Gasteiger partial charge in [0.05, 0.1) is 21.3 Å². The number of nitrogens with zero attached hydrogens (tertiary/aromatic N) is 3. The van der Waals surface area contributed by atoms with E-state index in [1.54, 1.807) is 18.2 Å². The van der Waals surface area contributed by atoms with Gasteiger partial charge in [0.15, 0.2) is 5.13 Å². The molecule has 0 aliphatic heterocycles. The molecule has 21 heavy (non-hydrogen) atoms. The molecule has 1 N–H and O–H groups in total. The number of benzene rings is 2. The molecule has 0 amide bonds. The second-order valence-corrected chi connectivity index (χ2v) is 6.19. The van der Waals surface area contributed by atoms with Crippen LogP contribution >= 0.6 is 27.3 Å². The number of aromatic nitrogens is 1. The molecule has 1 heterocycles. The minimum absolute atomic E-state index is 0.353. The Morgan fingerprint density at radius 1 is 1.05 bits per heavy atom. The molecule has 4 nitrogen and oxygen atoms in total. The number of anilines is 2. The largest absolute Gasteiger partial charge is 0.331 e. The number of thiazole rings is 1. The normalized spacial score (nSPS) is 10.0. The summed E-state index contributed by atoms with van der Waals surface area (Å²) in [6.45, 7) is 0. The van der Waals surface area contributed by atoms with Gasteiger partial charge in [-0.15, -0.1) is 0 Å². The molecule has 0 atom stereocenters. The van der Waals surface area contributed by atoms with E-state index in [0.717, 1.165) is 25.5 Å². The maximum absolute atomic E-state index is 9.04. The fourth-order valence-corrected chi connectivity index (χ4v) is 3.10. The van der Waals surface area contributed by atoms with Crippen LogP contribution in [0.5, 0.6) is 0 Å². The van der Waals surface area contributed by atoms with Crippen LogP contribution in [0.25, 0.3) is 10.2 Å². The van der Waals surface area contributed by atoms with Crippen LogP contribution in [0.2, 0.25) is 0 Å². The number of nitrogens with one attached hydrogen (secondary N) is 1. The van der Waals surface area contributed by atoms with Crippen molar-refractivity contribution in [2.75, 3.05) is 5.32 Å². The first kappa shape index (κ1) is 13.6. The Labute approximate surface area is 133 Å². The Balaban J connectivity index is 1.95. The van der Waals surface area contributed by atoms with E-state index >= 15 is 0 Å². The van der Waals surface area contributed by atoms with E-state index in [2.05, 4.69) is 26.2 Å². The molecule has 0 spiro atoms. The summed E-state index contributed by atoms with van der Waals surface area (Å²) in [5.74, 6) is 0. The summed E-state index contributed by atoms with van der Waals surface area (Å²) < 4.78 is 2.06. The van der Waals surface area contributed by atoms with Gasteiger partial charge in [0, 0.05) is 10.2 Å². The van der Waals surface area contributed by atoms with Crippen LogP contribution < -0.4 is 5.32 Å². The smallest absolute Gasteiger partial charge is 0.188 e. The lowest BCUT2D eigenvalue weighted by atomic mass is 10.1. The number of fused-ring (bicyclic) bond motifs is 1. The molecule has 0 aliphatic rings. The molecule has 3 aromatic rings.